The van der Waals surface area contributed by atoms with Gasteiger partial charge in [-0.15, -0.1) is 0 Å². The molecule has 1 unspecified atom stereocenters. The normalized spacial score (nSPS) is 16.5. The molecule has 3 aromatic rings. The molecule has 2 amide bonds. The number of thioether (sulfide) groups is 1. The van der Waals surface area contributed by atoms with Gasteiger partial charge in [-0.2, -0.15) is 0 Å². The molecule has 0 bridgehead atoms. The highest BCUT2D eigenvalue weighted by atomic mass is 32.2. The summed E-state index contributed by atoms with van der Waals surface area (Å²) in [7, 11) is 0. The van der Waals surface area contributed by atoms with E-state index in [9.17, 15) is 19.7 Å². The van der Waals surface area contributed by atoms with E-state index in [0.29, 0.717) is 16.5 Å². The summed E-state index contributed by atoms with van der Waals surface area (Å²) in [5, 5.41) is 11.6. The maximum absolute atomic E-state index is 13.0. The fourth-order valence-electron chi connectivity index (χ4n) is 3.64. The van der Waals surface area contributed by atoms with E-state index in [2.05, 4.69) is 18.4 Å². The minimum Gasteiger partial charge on any atom is -0.344 e. The van der Waals surface area contributed by atoms with Crippen molar-refractivity contribution in [1.29, 1.82) is 0 Å². The van der Waals surface area contributed by atoms with Crippen molar-refractivity contribution in [3.63, 3.8) is 0 Å². The van der Waals surface area contributed by atoms with Crippen LogP contribution in [0.1, 0.15) is 37.4 Å². The Balaban J connectivity index is 1.65. The number of para-hydroxylation sites is 1. The first-order valence-corrected chi connectivity index (χ1v) is 10.8. The number of hydrogen-bond donors (Lipinski definition) is 0. The van der Waals surface area contributed by atoms with E-state index in [1.807, 2.05) is 30.5 Å². The number of carbonyl (C=O) groups is 2. The maximum Gasteiger partial charge on any atom is 0.293 e. The molecular weight excluding hydrogens is 414 g/mol. The molecule has 31 heavy (non-hydrogen) atoms. The van der Waals surface area contributed by atoms with E-state index < -0.39 is 4.92 Å². The highest BCUT2D eigenvalue weighted by Gasteiger charge is 2.35. The predicted molar refractivity (Wildman–Crippen MR) is 122 cm³/mol. The molecule has 2 aromatic carbocycles. The minimum absolute atomic E-state index is 0.00167. The summed E-state index contributed by atoms with van der Waals surface area (Å²) in [6.45, 7) is 4.26. The number of nitrogens with zero attached hydrogens (tertiary/aromatic N) is 3. The number of amides is 2. The monoisotopic (exact) mass is 435 g/mol. The molecule has 0 saturated carbocycles. The topological polar surface area (TPSA) is 85.4 Å². The number of imide groups is 1. The lowest BCUT2D eigenvalue weighted by Gasteiger charge is -2.12. The molecule has 8 heteroatoms. The van der Waals surface area contributed by atoms with Crippen molar-refractivity contribution in [2.75, 3.05) is 0 Å². The van der Waals surface area contributed by atoms with Gasteiger partial charge in [0.15, 0.2) is 0 Å². The van der Waals surface area contributed by atoms with Gasteiger partial charge in [-0.05, 0) is 42.8 Å². The molecule has 4 rings (SSSR count). The summed E-state index contributed by atoms with van der Waals surface area (Å²) in [6, 6.07) is 14.3. The molecule has 0 aliphatic carbocycles. The Morgan fingerprint density at radius 2 is 1.94 bits per heavy atom. The Kier molecular flexibility index (Phi) is 5.65. The first kappa shape index (κ1) is 20.9. The second-order valence-corrected chi connectivity index (χ2v) is 8.45. The molecule has 1 atom stereocenters. The molecule has 1 aliphatic rings. The minimum atomic E-state index is -0.496. The predicted octanol–water partition coefficient (Wildman–Crippen LogP) is 5.76. The molecule has 0 spiro atoms. The Bertz CT molecular complexity index is 1230. The second-order valence-electron chi connectivity index (χ2n) is 7.46. The number of hydrogen-bond acceptors (Lipinski definition) is 5. The molecule has 7 nitrogen and oxygen atoms in total. The summed E-state index contributed by atoms with van der Waals surface area (Å²) in [6.07, 6.45) is 4.75. The smallest absolute Gasteiger partial charge is 0.293 e. The van der Waals surface area contributed by atoms with Gasteiger partial charge in [0.2, 0.25) is 0 Å². The fourth-order valence-corrected chi connectivity index (χ4v) is 4.47. The van der Waals surface area contributed by atoms with E-state index in [1.54, 1.807) is 18.2 Å². The average molecular weight is 436 g/mol. The summed E-state index contributed by atoms with van der Waals surface area (Å²) in [5.41, 5.74) is 2.43. The van der Waals surface area contributed by atoms with Crippen molar-refractivity contribution in [2.45, 2.75) is 32.9 Å². The van der Waals surface area contributed by atoms with Crippen LogP contribution in [-0.4, -0.2) is 25.5 Å². The molecule has 1 aliphatic heterocycles. The van der Waals surface area contributed by atoms with E-state index in [4.69, 9.17) is 0 Å². The Morgan fingerprint density at radius 1 is 1.16 bits per heavy atom. The van der Waals surface area contributed by atoms with Crippen LogP contribution in [0, 0.1) is 10.1 Å². The first-order chi connectivity index (χ1) is 14.9. The molecule has 0 N–H and O–H groups in total. The van der Waals surface area contributed by atoms with Crippen molar-refractivity contribution in [1.82, 2.24) is 9.47 Å². The fraction of sp³-hybridized carbons (Fsp3) is 0.217. The number of nitro groups is 1. The van der Waals surface area contributed by atoms with E-state index in [0.717, 1.165) is 39.5 Å². The summed E-state index contributed by atoms with van der Waals surface area (Å²) in [5.74, 6) is -0.387. The summed E-state index contributed by atoms with van der Waals surface area (Å²) >= 11 is 0.894. The van der Waals surface area contributed by atoms with Gasteiger partial charge in [-0.3, -0.25) is 24.6 Å². The van der Waals surface area contributed by atoms with Gasteiger partial charge in [0.05, 0.1) is 16.4 Å². The molecule has 158 valence electrons. The standard InChI is InChI=1S/C23H21N3O4S/c1-3-15(2)24-14-17(19-9-4-5-10-20(19)24)12-21-22(27)25(23(28)31-21)13-16-7-6-8-18(11-16)26(29)30/h4-12,14-15H,3,13H2,1-2H3/b21-12+. The van der Waals surface area contributed by atoms with Crippen LogP contribution in [0.3, 0.4) is 0 Å². The zero-order valence-electron chi connectivity index (χ0n) is 17.1. The van der Waals surface area contributed by atoms with Crippen LogP contribution in [0.5, 0.6) is 0 Å². The van der Waals surface area contributed by atoms with Crippen LogP contribution in [0.2, 0.25) is 0 Å². The van der Waals surface area contributed by atoms with Gasteiger partial charge in [0, 0.05) is 40.8 Å². The molecule has 2 heterocycles. The van der Waals surface area contributed by atoms with Gasteiger partial charge < -0.3 is 4.57 Å². The lowest BCUT2D eigenvalue weighted by atomic mass is 10.1. The number of rotatable bonds is 6. The van der Waals surface area contributed by atoms with Crippen LogP contribution < -0.4 is 0 Å². The van der Waals surface area contributed by atoms with Gasteiger partial charge in [-0.25, -0.2) is 0 Å². The first-order valence-electron chi connectivity index (χ1n) is 9.97. The van der Waals surface area contributed by atoms with Crippen LogP contribution in [0.15, 0.2) is 59.6 Å². The lowest BCUT2D eigenvalue weighted by Crippen LogP contribution is -2.27. The van der Waals surface area contributed by atoms with E-state index in [-0.39, 0.29) is 23.4 Å². The number of fused-ring (bicyclic) bond motifs is 1. The highest BCUT2D eigenvalue weighted by molar-refractivity contribution is 8.18. The van der Waals surface area contributed by atoms with Crippen LogP contribution in [-0.2, 0) is 11.3 Å². The number of aromatic nitrogens is 1. The molecule has 0 radical (unpaired) electrons. The van der Waals surface area contributed by atoms with Crippen molar-refractivity contribution in [3.05, 3.63) is 80.9 Å². The van der Waals surface area contributed by atoms with Crippen molar-refractivity contribution >= 4 is 45.6 Å². The third kappa shape index (κ3) is 3.98. The van der Waals surface area contributed by atoms with E-state index in [1.165, 1.54) is 12.1 Å². The zero-order chi connectivity index (χ0) is 22.1. The molecular formula is C23H21N3O4S. The van der Waals surface area contributed by atoms with Gasteiger partial charge in [0.25, 0.3) is 16.8 Å². The summed E-state index contributed by atoms with van der Waals surface area (Å²) < 4.78 is 2.19. The molecule has 1 saturated heterocycles. The number of carbonyl (C=O) groups excluding carboxylic acids is 2. The van der Waals surface area contributed by atoms with Gasteiger partial charge >= 0.3 is 0 Å². The lowest BCUT2D eigenvalue weighted by molar-refractivity contribution is -0.384. The van der Waals surface area contributed by atoms with Gasteiger partial charge in [-0.1, -0.05) is 37.3 Å². The molecule has 1 aromatic heterocycles. The van der Waals surface area contributed by atoms with Crippen molar-refractivity contribution < 1.29 is 14.5 Å². The second kappa shape index (κ2) is 8.39. The van der Waals surface area contributed by atoms with Crippen molar-refractivity contribution in [2.24, 2.45) is 0 Å². The summed E-state index contributed by atoms with van der Waals surface area (Å²) in [4.78, 5) is 37.4. The zero-order valence-corrected chi connectivity index (χ0v) is 18.0. The third-order valence-electron chi connectivity index (χ3n) is 5.46. The highest BCUT2D eigenvalue weighted by Crippen LogP contribution is 2.36. The number of nitro benzene ring substituents is 1. The van der Waals surface area contributed by atoms with E-state index >= 15 is 0 Å². The van der Waals surface area contributed by atoms with Crippen LogP contribution in [0.25, 0.3) is 17.0 Å². The van der Waals surface area contributed by atoms with Gasteiger partial charge in [0.1, 0.15) is 0 Å². The van der Waals surface area contributed by atoms with Crippen molar-refractivity contribution in [3.8, 4) is 0 Å². The maximum atomic E-state index is 13.0. The Hall–Kier alpha value is -3.39. The average Bonchev–Trinajstić information content (AvgIpc) is 3.26. The Labute approximate surface area is 183 Å². The Morgan fingerprint density at radius 3 is 2.68 bits per heavy atom. The number of benzene rings is 2. The SMILES string of the molecule is CCC(C)n1cc(/C=C2/SC(=O)N(Cc3cccc([N+](=O)[O-])c3)C2=O)c2ccccc21. The molecule has 1 fully saturated rings. The largest absolute Gasteiger partial charge is 0.344 e. The quantitative estimate of drug-likeness (QED) is 0.279. The number of non-ortho nitro benzene ring substituents is 1. The van der Waals surface area contributed by atoms with Crippen LogP contribution >= 0.6 is 11.8 Å². The third-order valence-corrected chi connectivity index (χ3v) is 6.37. The van der Waals surface area contributed by atoms with Crippen LogP contribution in [0.4, 0.5) is 10.5 Å².